The normalized spacial score (nSPS) is 9.93. The van der Waals surface area contributed by atoms with Gasteiger partial charge in [0.25, 0.3) is 5.91 Å². The number of likely N-dealkylation sites (N-methyl/N-ethyl adjacent to an activating group) is 1. The van der Waals surface area contributed by atoms with Gasteiger partial charge in [-0.05, 0) is 31.5 Å². The Bertz CT molecular complexity index is 323. The number of anilines is 1. The number of carbonyl (C=O) groups excluding carboxylic acids is 1. The summed E-state index contributed by atoms with van der Waals surface area (Å²) in [5.74, 6) is -0.266. The van der Waals surface area contributed by atoms with Crippen molar-refractivity contribution in [2.24, 2.45) is 0 Å². The number of nitrogens with zero attached hydrogens (tertiary/aromatic N) is 1. The molecule has 3 heteroatoms. The Hall–Kier alpha value is -1.35. The van der Waals surface area contributed by atoms with Crippen molar-refractivity contribution in [2.75, 3.05) is 18.1 Å². The van der Waals surface area contributed by atoms with E-state index in [1.54, 1.807) is 4.90 Å². The van der Waals surface area contributed by atoms with E-state index >= 15 is 0 Å². The molecule has 1 rings (SSSR count). The van der Waals surface area contributed by atoms with Gasteiger partial charge in [0, 0.05) is 12.2 Å². The van der Waals surface area contributed by atoms with Crippen LogP contribution in [0.2, 0.25) is 0 Å². The number of carbonyl (C=O) groups is 1. The molecule has 1 amide bonds. The molecule has 0 atom stereocenters. The Morgan fingerprint density at radius 3 is 2.71 bits per heavy atom. The number of benzene rings is 1. The van der Waals surface area contributed by atoms with Gasteiger partial charge in [-0.2, -0.15) is 0 Å². The van der Waals surface area contributed by atoms with Crippen LogP contribution in [-0.4, -0.2) is 24.2 Å². The largest absolute Gasteiger partial charge is 0.387 e. The van der Waals surface area contributed by atoms with Crippen molar-refractivity contribution in [3.05, 3.63) is 29.8 Å². The maximum absolute atomic E-state index is 11.3. The van der Waals surface area contributed by atoms with E-state index in [0.717, 1.165) is 11.3 Å². The average molecular weight is 193 g/mol. The molecule has 0 fully saturated rings. The Morgan fingerprint density at radius 1 is 1.50 bits per heavy atom. The summed E-state index contributed by atoms with van der Waals surface area (Å²) in [6.07, 6.45) is 0. The zero-order valence-corrected chi connectivity index (χ0v) is 8.53. The Balaban J connectivity index is 2.94. The third-order valence-electron chi connectivity index (χ3n) is 2.07. The number of hydrogen-bond acceptors (Lipinski definition) is 2. The van der Waals surface area contributed by atoms with Crippen LogP contribution in [0, 0.1) is 6.92 Å². The van der Waals surface area contributed by atoms with Crippen molar-refractivity contribution in [3.63, 3.8) is 0 Å². The van der Waals surface area contributed by atoms with Gasteiger partial charge in [-0.15, -0.1) is 0 Å². The third kappa shape index (κ3) is 2.33. The first-order valence-electron chi connectivity index (χ1n) is 4.67. The third-order valence-corrected chi connectivity index (χ3v) is 2.07. The second kappa shape index (κ2) is 4.77. The molecule has 1 N–H and O–H groups in total. The molecule has 0 saturated carbocycles. The second-order valence-electron chi connectivity index (χ2n) is 3.14. The van der Waals surface area contributed by atoms with Crippen molar-refractivity contribution in [2.45, 2.75) is 13.8 Å². The molecule has 0 aromatic heterocycles. The molecule has 0 unspecified atom stereocenters. The fourth-order valence-corrected chi connectivity index (χ4v) is 1.38. The van der Waals surface area contributed by atoms with E-state index in [-0.39, 0.29) is 5.91 Å². The van der Waals surface area contributed by atoms with E-state index in [9.17, 15) is 4.79 Å². The van der Waals surface area contributed by atoms with E-state index in [1.165, 1.54) is 0 Å². The summed E-state index contributed by atoms with van der Waals surface area (Å²) < 4.78 is 0. The maximum Gasteiger partial charge on any atom is 0.252 e. The monoisotopic (exact) mass is 193 g/mol. The van der Waals surface area contributed by atoms with Crippen LogP contribution >= 0.6 is 0 Å². The molecule has 0 saturated heterocycles. The smallest absolute Gasteiger partial charge is 0.252 e. The number of aryl methyl sites for hydroxylation is 1. The lowest BCUT2D eigenvalue weighted by atomic mass is 10.2. The van der Waals surface area contributed by atoms with Crippen molar-refractivity contribution in [1.29, 1.82) is 0 Å². The molecule has 3 nitrogen and oxygen atoms in total. The number of hydrogen-bond donors (Lipinski definition) is 1. The summed E-state index contributed by atoms with van der Waals surface area (Å²) in [5, 5.41) is 8.78. The predicted octanol–water partition coefficient (Wildman–Crippen LogP) is 1.34. The topological polar surface area (TPSA) is 40.5 Å². The molecule has 0 spiro atoms. The van der Waals surface area contributed by atoms with E-state index in [4.69, 9.17) is 5.11 Å². The molecule has 1 aromatic carbocycles. The van der Waals surface area contributed by atoms with Crippen LogP contribution in [0.4, 0.5) is 5.69 Å². The molecule has 0 aliphatic carbocycles. The minimum Gasteiger partial charge on any atom is -0.387 e. The van der Waals surface area contributed by atoms with Crippen LogP contribution in [0.5, 0.6) is 0 Å². The molecule has 14 heavy (non-hydrogen) atoms. The Labute approximate surface area is 84.0 Å². The first-order valence-corrected chi connectivity index (χ1v) is 4.67. The summed E-state index contributed by atoms with van der Waals surface area (Å²) in [7, 11) is 0. The lowest BCUT2D eigenvalue weighted by Crippen LogP contribution is -2.32. The molecule has 0 aliphatic rings. The summed E-state index contributed by atoms with van der Waals surface area (Å²) in [6.45, 7) is 3.99. The first-order chi connectivity index (χ1) is 6.69. The summed E-state index contributed by atoms with van der Waals surface area (Å²) in [4.78, 5) is 12.9. The van der Waals surface area contributed by atoms with Gasteiger partial charge in [-0.1, -0.05) is 12.1 Å². The van der Waals surface area contributed by atoms with E-state index in [1.807, 2.05) is 38.1 Å². The number of aliphatic hydroxyl groups is 1. The fourth-order valence-electron chi connectivity index (χ4n) is 1.38. The Morgan fingerprint density at radius 2 is 2.21 bits per heavy atom. The minimum absolute atomic E-state index is 0.266. The van der Waals surface area contributed by atoms with Gasteiger partial charge in [0.2, 0.25) is 0 Å². The molecule has 0 heterocycles. The van der Waals surface area contributed by atoms with Gasteiger partial charge < -0.3 is 10.0 Å². The van der Waals surface area contributed by atoms with Gasteiger partial charge in [-0.25, -0.2) is 0 Å². The molecular formula is C11H15NO2. The second-order valence-corrected chi connectivity index (χ2v) is 3.14. The van der Waals surface area contributed by atoms with E-state index < -0.39 is 6.61 Å². The molecule has 0 aliphatic heterocycles. The van der Waals surface area contributed by atoms with Gasteiger partial charge in [0.15, 0.2) is 0 Å². The lowest BCUT2D eigenvalue weighted by Gasteiger charge is -2.20. The van der Waals surface area contributed by atoms with Gasteiger partial charge in [-0.3, -0.25) is 4.79 Å². The molecule has 0 bridgehead atoms. The van der Waals surface area contributed by atoms with Gasteiger partial charge in [0.05, 0.1) is 0 Å². The van der Waals surface area contributed by atoms with Gasteiger partial charge in [0.1, 0.15) is 6.61 Å². The van der Waals surface area contributed by atoms with Crippen LogP contribution in [0.25, 0.3) is 0 Å². The van der Waals surface area contributed by atoms with Crippen LogP contribution in [-0.2, 0) is 4.79 Å². The quantitative estimate of drug-likeness (QED) is 0.787. The fraction of sp³-hybridized carbons (Fsp3) is 0.364. The van der Waals surface area contributed by atoms with Crippen molar-refractivity contribution in [1.82, 2.24) is 0 Å². The highest BCUT2D eigenvalue weighted by molar-refractivity contribution is 5.94. The molecule has 0 radical (unpaired) electrons. The lowest BCUT2D eigenvalue weighted by molar-refractivity contribution is -0.121. The highest BCUT2D eigenvalue weighted by Crippen LogP contribution is 2.15. The first kappa shape index (κ1) is 10.7. The summed E-state index contributed by atoms with van der Waals surface area (Å²) >= 11 is 0. The SMILES string of the molecule is CCN(C(=O)CO)c1cccc(C)c1. The zero-order valence-electron chi connectivity index (χ0n) is 8.53. The van der Waals surface area contributed by atoms with E-state index in [2.05, 4.69) is 0 Å². The minimum atomic E-state index is -0.443. The maximum atomic E-state index is 11.3. The van der Waals surface area contributed by atoms with Crippen LogP contribution in [0.15, 0.2) is 24.3 Å². The van der Waals surface area contributed by atoms with Crippen LogP contribution in [0.1, 0.15) is 12.5 Å². The summed E-state index contributed by atoms with van der Waals surface area (Å²) in [5.41, 5.74) is 1.94. The molecule has 76 valence electrons. The Kier molecular flexibility index (Phi) is 3.65. The zero-order chi connectivity index (χ0) is 10.6. The summed E-state index contributed by atoms with van der Waals surface area (Å²) in [6, 6.07) is 7.67. The standard InChI is InChI=1S/C11H15NO2/c1-3-12(11(14)8-13)10-6-4-5-9(2)7-10/h4-7,13H,3,8H2,1-2H3. The van der Waals surface area contributed by atoms with Crippen LogP contribution < -0.4 is 4.90 Å². The molecule has 1 aromatic rings. The van der Waals surface area contributed by atoms with E-state index in [0.29, 0.717) is 6.54 Å². The number of amides is 1. The highest BCUT2D eigenvalue weighted by atomic mass is 16.3. The van der Waals surface area contributed by atoms with Gasteiger partial charge >= 0.3 is 0 Å². The average Bonchev–Trinajstić information content (AvgIpc) is 2.19. The molecular weight excluding hydrogens is 178 g/mol. The van der Waals surface area contributed by atoms with Crippen molar-refractivity contribution in [3.8, 4) is 0 Å². The van der Waals surface area contributed by atoms with Crippen molar-refractivity contribution >= 4 is 11.6 Å². The van der Waals surface area contributed by atoms with Crippen molar-refractivity contribution < 1.29 is 9.90 Å². The number of rotatable bonds is 3. The van der Waals surface area contributed by atoms with Crippen LogP contribution in [0.3, 0.4) is 0 Å². The number of aliphatic hydroxyl groups excluding tert-OH is 1. The predicted molar refractivity (Wildman–Crippen MR) is 56.3 cm³/mol. The highest BCUT2D eigenvalue weighted by Gasteiger charge is 2.11.